The maximum absolute atomic E-state index is 12.9. The Balaban J connectivity index is 0.00000300. The third kappa shape index (κ3) is 4.08. The Morgan fingerprint density at radius 2 is 1.75 bits per heavy atom. The van der Waals surface area contributed by atoms with Gasteiger partial charge in [0.2, 0.25) is 0 Å². The van der Waals surface area contributed by atoms with Gasteiger partial charge in [0.05, 0.1) is 12.2 Å². The number of rotatable bonds is 2. The molecular formula is C23H32N2O3. The highest BCUT2D eigenvalue weighted by molar-refractivity contribution is 5.96. The number of hydrogen-bond acceptors (Lipinski definition) is 4. The lowest BCUT2D eigenvalue weighted by Gasteiger charge is -2.30. The Morgan fingerprint density at radius 1 is 1.11 bits per heavy atom. The average molecular weight is 385 g/mol. The minimum absolute atomic E-state index is 0. The number of carbonyl (C=O) groups excluding carboxylic acids is 1. The van der Waals surface area contributed by atoms with E-state index in [2.05, 4.69) is 52.2 Å². The Bertz CT molecular complexity index is 898. The van der Waals surface area contributed by atoms with Gasteiger partial charge in [0.15, 0.2) is 6.10 Å². The van der Waals surface area contributed by atoms with E-state index in [0.29, 0.717) is 18.0 Å². The number of aromatic hydroxyl groups is 1. The van der Waals surface area contributed by atoms with E-state index in [1.807, 2.05) is 30.3 Å². The van der Waals surface area contributed by atoms with Gasteiger partial charge >= 0.3 is 0 Å². The van der Waals surface area contributed by atoms with Gasteiger partial charge in [-0.3, -0.25) is 4.79 Å². The smallest absolute Gasteiger partial charge is 0.267 e. The summed E-state index contributed by atoms with van der Waals surface area (Å²) in [5, 5.41) is 16.8. The Morgan fingerprint density at radius 3 is 2.39 bits per heavy atom. The Kier molecular flexibility index (Phi) is 5.04. The quantitative estimate of drug-likeness (QED) is 0.678. The first kappa shape index (κ1) is 20.1. The highest BCUT2D eigenvalue weighted by atomic mass is 16.5. The molecule has 152 valence electrons. The lowest BCUT2D eigenvalue weighted by molar-refractivity contribution is -0.122. The standard InChI is InChI=1S/C23H30N2O3.H2/c1-22(2,3)14-11-15(23(4,5)6)18(26)12-17(14)25-21(27)20-13-24-16-9-7-8-10-19(16)28-20;/h7-12,20,24,26H,13H2,1-6H3,(H,25,27);1H. The van der Waals surface area contributed by atoms with E-state index in [1.165, 1.54) is 0 Å². The Hall–Kier alpha value is -2.69. The molecule has 2 aromatic rings. The molecule has 0 aliphatic carbocycles. The van der Waals surface area contributed by atoms with Crippen molar-refractivity contribution < 1.29 is 16.1 Å². The summed E-state index contributed by atoms with van der Waals surface area (Å²) in [6.07, 6.45) is -0.646. The molecule has 1 unspecified atom stereocenters. The van der Waals surface area contributed by atoms with Crippen molar-refractivity contribution in [3.05, 3.63) is 47.5 Å². The van der Waals surface area contributed by atoms with Gasteiger partial charge in [0.25, 0.3) is 5.91 Å². The van der Waals surface area contributed by atoms with Crippen molar-refractivity contribution in [3.63, 3.8) is 0 Å². The van der Waals surface area contributed by atoms with Crippen molar-refractivity contribution in [1.29, 1.82) is 0 Å². The van der Waals surface area contributed by atoms with Crippen molar-refractivity contribution in [3.8, 4) is 11.5 Å². The molecule has 1 aliphatic rings. The monoisotopic (exact) mass is 384 g/mol. The molecule has 2 aromatic carbocycles. The minimum atomic E-state index is -0.646. The zero-order valence-electron chi connectivity index (χ0n) is 17.5. The topological polar surface area (TPSA) is 70.6 Å². The molecule has 0 aromatic heterocycles. The number of phenols is 1. The maximum atomic E-state index is 12.9. The SMILES string of the molecule is CC(C)(C)c1cc(C(C)(C)C)c(NC(=O)C2CNc3ccccc3O2)cc1O.[HH]. The van der Waals surface area contributed by atoms with Crippen LogP contribution in [0.4, 0.5) is 11.4 Å². The Labute approximate surface area is 168 Å². The molecule has 0 saturated carbocycles. The van der Waals surface area contributed by atoms with Gasteiger partial charge in [-0.05, 0) is 40.2 Å². The van der Waals surface area contributed by atoms with Crippen LogP contribution in [0.15, 0.2) is 36.4 Å². The van der Waals surface area contributed by atoms with Gasteiger partial charge in [-0.25, -0.2) is 0 Å². The number of fused-ring (bicyclic) bond motifs is 1. The fraction of sp³-hybridized carbons (Fsp3) is 0.435. The van der Waals surface area contributed by atoms with Crippen LogP contribution >= 0.6 is 0 Å². The number of benzene rings is 2. The van der Waals surface area contributed by atoms with E-state index in [9.17, 15) is 9.90 Å². The number of para-hydroxylation sites is 2. The van der Waals surface area contributed by atoms with Gasteiger partial charge in [0, 0.05) is 13.2 Å². The van der Waals surface area contributed by atoms with Crippen molar-refractivity contribution in [2.45, 2.75) is 58.5 Å². The molecule has 5 nitrogen and oxygen atoms in total. The van der Waals surface area contributed by atoms with Crippen LogP contribution in [-0.4, -0.2) is 23.7 Å². The molecule has 0 bridgehead atoms. The number of ether oxygens (including phenoxy) is 1. The van der Waals surface area contributed by atoms with Gasteiger partial charge in [0.1, 0.15) is 11.5 Å². The molecule has 1 amide bonds. The third-order valence-electron chi connectivity index (χ3n) is 4.94. The van der Waals surface area contributed by atoms with Gasteiger partial charge in [-0.1, -0.05) is 53.7 Å². The second kappa shape index (κ2) is 7.04. The number of amides is 1. The molecule has 0 saturated heterocycles. The molecular weight excluding hydrogens is 352 g/mol. The molecule has 1 aliphatic heterocycles. The van der Waals surface area contributed by atoms with Crippen molar-refractivity contribution in [2.75, 3.05) is 17.2 Å². The van der Waals surface area contributed by atoms with Crippen molar-refractivity contribution >= 4 is 17.3 Å². The summed E-state index contributed by atoms with van der Waals surface area (Å²) in [5.41, 5.74) is 2.94. The summed E-state index contributed by atoms with van der Waals surface area (Å²) in [6.45, 7) is 12.9. The number of phenolic OH excluding ortho intramolecular Hbond substituents is 1. The van der Waals surface area contributed by atoms with E-state index in [4.69, 9.17) is 4.74 Å². The molecule has 28 heavy (non-hydrogen) atoms. The molecule has 0 spiro atoms. The van der Waals surface area contributed by atoms with Crippen LogP contribution < -0.4 is 15.4 Å². The number of anilines is 2. The van der Waals surface area contributed by atoms with E-state index >= 15 is 0 Å². The predicted molar refractivity (Wildman–Crippen MR) is 116 cm³/mol. The molecule has 1 atom stereocenters. The predicted octanol–water partition coefficient (Wildman–Crippen LogP) is 5.04. The first-order chi connectivity index (χ1) is 13.0. The summed E-state index contributed by atoms with van der Waals surface area (Å²) in [7, 11) is 0. The molecule has 0 fully saturated rings. The van der Waals surface area contributed by atoms with E-state index < -0.39 is 6.10 Å². The number of carbonyl (C=O) groups is 1. The molecule has 5 heteroatoms. The summed E-state index contributed by atoms with van der Waals surface area (Å²) in [4.78, 5) is 12.9. The summed E-state index contributed by atoms with van der Waals surface area (Å²) in [5.74, 6) is 0.607. The fourth-order valence-corrected chi connectivity index (χ4v) is 3.39. The van der Waals surface area contributed by atoms with Gasteiger partial charge < -0.3 is 20.5 Å². The zero-order chi connectivity index (χ0) is 20.7. The zero-order valence-corrected chi connectivity index (χ0v) is 17.5. The lowest BCUT2D eigenvalue weighted by atomic mass is 9.79. The van der Waals surface area contributed by atoms with Crippen LogP contribution in [0.5, 0.6) is 11.5 Å². The average Bonchev–Trinajstić information content (AvgIpc) is 2.59. The molecule has 1 heterocycles. The second-order valence-electron chi connectivity index (χ2n) is 9.39. The summed E-state index contributed by atoms with van der Waals surface area (Å²) < 4.78 is 5.86. The first-order valence-electron chi connectivity index (χ1n) is 9.65. The van der Waals surface area contributed by atoms with E-state index in [0.717, 1.165) is 16.8 Å². The summed E-state index contributed by atoms with van der Waals surface area (Å²) >= 11 is 0. The number of hydrogen-bond donors (Lipinski definition) is 3. The summed E-state index contributed by atoms with van der Waals surface area (Å²) in [6, 6.07) is 11.2. The van der Waals surface area contributed by atoms with Crippen LogP contribution in [0, 0.1) is 0 Å². The van der Waals surface area contributed by atoms with Crippen LogP contribution in [0.1, 0.15) is 54.1 Å². The van der Waals surface area contributed by atoms with Gasteiger partial charge in [-0.2, -0.15) is 0 Å². The van der Waals surface area contributed by atoms with E-state index in [-0.39, 0.29) is 23.9 Å². The highest BCUT2D eigenvalue weighted by Crippen LogP contribution is 2.39. The lowest BCUT2D eigenvalue weighted by Crippen LogP contribution is -2.41. The first-order valence-corrected chi connectivity index (χ1v) is 9.65. The van der Waals surface area contributed by atoms with Gasteiger partial charge in [-0.15, -0.1) is 0 Å². The largest absolute Gasteiger partial charge is 0.508 e. The molecule has 3 N–H and O–H groups in total. The van der Waals surface area contributed by atoms with E-state index in [1.54, 1.807) is 6.07 Å². The van der Waals surface area contributed by atoms with Crippen LogP contribution in [-0.2, 0) is 15.6 Å². The van der Waals surface area contributed by atoms with Crippen molar-refractivity contribution in [1.82, 2.24) is 0 Å². The van der Waals surface area contributed by atoms with Crippen LogP contribution in [0.3, 0.4) is 0 Å². The second-order valence-corrected chi connectivity index (χ2v) is 9.39. The third-order valence-corrected chi connectivity index (χ3v) is 4.94. The van der Waals surface area contributed by atoms with Crippen LogP contribution in [0.2, 0.25) is 0 Å². The molecule has 0 radical (unpaired) electrons. The molecule has 3 rings (SSSR count). The fourth-order valence-electron chi connectivity index (χ4n) is 3.39. The number of nitrogens with one attached hydrogen (secondary N) is 2. The minimum Gasteiger partial charge on any atom is -0.508 e. The maximum Gasteiger partial charge on any atom is 0.267 e. The van der Waals surface area contributed by atoms with Crippen molar-refractivity contribution in [2.24, 2.45) is 0 Å². The highest BCUT2D eigenvalue weighted by Gasteiger charge is 2.29. The van der Waals surface area contributed by atoms with Crippen LogP contribution in [0.25, 0.3) is 0 Å². The normalized spacial score (nSPS) is 16.6.